The minimum Gasteiger partial charge on any atom is -0.303 e. The van der Waals surface area contributed by atoms with E-state index in [-0.39, 0.29) is 5.56 Å². The molecule has 0 aliphatic heterocycles. The molecular weight excluding hydrogens is 366 g/mol. The van der Waals surface area contributed by atoms with E-state index in [0.717, 1.165) is 31.1 Å². The second-order valence-electron chi connectivity index (χ2n) is 5.91. The van der Waals surface area contributed by atoms with Gasteiger partial charge < -0.3 is 4.90 Å². The van der Waals surface area contributed by atoms with Gasteiger partial charge in [0.15, 0.2) is 5.16 Å². The number of benzene rings is 2. The van der Waals surface area contributed by atoms with E-state index in [1.54, 1.807) is 34.5 Å². The highest BCUT2D eigenvalue weighted by Crippen LogP contribution is 2.23. The predicted octanol–water partition coefficient (Wildman–Crippen LogP) is 4.47. The Hall–Kier alpha value is -1.82. The van der Waals surface area contributed by atoms with Crippen molar-refractivity contribution in [3.8, 4) is 5.69 Å². The molecule has 0 aliphatic carbocycles. The van der Waals surface area contributed by atoms with E-state index in [4.69, 9.17) is 16.6 Å². The molecule has 0 N–H and O–H groups in total. The van der Waals surface area contributed by atoms with Gasteiger partial charge in [0.1, 0.15) is 0 Å². The summed E-state index contributed by atoms with van der Waals surface area (Å²) in [6, 6.07) is 14.9. The normalized spacial score (nSPS) is 11.4. The van der Waals surface area contributed by atoms with Gasteiger partial charge >= 0.3 is 0 Å². The van der Waals surface area contributed by atoms with E-state index in [1.165, 1.54) is 0 Å². The number of nitrogens with zero attached hydrogens (tertiary/aromatic N) is 3. The number of para-hydroxylation sites is 1. The third kappa shape index (κ3) is 4.11. The van der Waals surface area contributed by atoms with Crippen LogP contribution in [0.4, 0.5) is 0 Å². The van der Waals surface area contributed by atoms with Gasteiger partial charge in [-0.15, -0.1) is 0 Å². The Labute approximate surface area is 162 Å². The van der Waals surface area contributed by atoms with E-state index in [1.807, 2.05) is 30.3 Å². The molecule has 1 heterocycles. The second kappa shape index (κ2) is 8.71. The fourth-order valence-electron chi connectivity index (χ4n) is 2.85. The molecule has 2 aromatic carbocycles. The summed E-state index contributed by atoms with van der Waals surface area (Å²) in [5, 5.41) is 1.86. The van der Waals surface area contributed by atoms with Gasteiger partial charge in [-0.25, -0.2) is 4.98 Å². The quantitative estimate of drug-likeness (QED) is 0.442. The predicted molar refractivity (Wildman–Crippen MR) is 111 cm³/mol. The van der Waals surface area contributed by atoms with Crippen LogP contribution in [0.15, 0.2) is 58.5 Å². The number of hydrogen-bond acceptors (Lipinski definition) is 4. The molecule has 6 heteroatoms. The van der Waals surface area contributed by atoms with Crippen LogP contribution in [-0.4, -0.2) is 39.8 Å². The first kappa shape index (κ1) is 19.0. The summed E-state index contributed by atoms with van der Waals surface area (Å²) >= 11 is 7.70. The standard InChI is InChI=1S/C20H22ClN3OS/c1-3-23(4-2)12-13-26-20-22-18-14-15(21)10-11-17(18)19(25)24(20)16-8-6-5-7-9-16/h5-11,14H,3-4,12-13H2,1-2H3. The first-order valence-electron chi connectivity index (χ1n) is 8.77. The Morgan fingerprint density at radius 3 is 2.54 bits per heavy atom. The minimum atomic E-state index is -0.0665. The summed E-state index contributed by atoms with van der Waals surface area (Å²) in [4.78, 5) is 20.2. The smallest absolute Gasteiger partial charge is 0.266 e. The van der Waals surface area contributed by atoms with Gasteiger partial charge in [-0.05, 0) is 43.4 Å². The highest BCUT2D eigenvalue weighted by molar-refractivity contribution is 7.99. The van der Waals surface area contributed by atoms with Gasteiger partial charge in [0, 0.05) is 17.3 Å². The third-order valence-electron chi connectivity index (χ3n) is 4.35. The van der Waals surface area contributed by atoms with Crippen LogP contribution in [-0.2, 0) is 0 Å². The fraction of sp³-hybridized carbons (Fsp3) is 0.300. The Bertz CT molecular complexity index is 939. The number of aromatic nitrogens is 2. The summed E-state index contributed by atoms with van der Waals surface area (Å²) in [7, 11) is 0. The number of rotatable bonds is 7. The van der Waals surface area contributed by atoms with Crippen molar-refractivity contribution in [3.63, 3.8) is 0 Å². The van der Waals surface area contributed by atoms with Gasteiger partial charge in [0.25, 0.3) is 5.56 Å². The van der Waals surface area contributed by atoms with Crippen LogP contribution in [0.1, 0.15) is 13.8 Å². The zero-order valence-electron chi connectivity index (χ0n) is 15.0. The maximum atomic E-state index is 13.1. The molecule has 0 saturated carbocycles. The van der Waals surface area contributed by atoms with Crippen molar-refractivity contribution in [2.24, 2.45) is 0 Å². The summed E-state index contributed by atoms with van der Waals surface area (Å²) in [5.74, 6) is 0.868. The molecule has 0 aliphatic rings. The van der Waals surface area contributed by atoms with Crippen LogP contribution < -0.4 is 5.56 Å². The van der Waals surface area contributed by atoms with Crippen molar-refractivity contribution in [2.75, 3.05) is 25.4 Å². The maximum Gasteiger partial charge on any atom is 0.266 e. The van der Waals surface area contributed by atoms with Gasteiger partial charge in [0.05, 0.1) is 16.6 Å². The van der Waals surface area contributed by atoms with E-state index < -0.39 is 0 Å². The van der Waals surface area contributed by atoms with Crippen LogP contribution in [0.25, 0.3) is 16.6 Å². The molecule has 0 bridgehead atoms. The van der Waals surface area contributed by atoms with Crippen LogP contribution in [0.5, 0.6) is 0 Å². The number of hydrogen-bond donors (Lipinski definition) is 0. The molecule has 136 valence electrons. The maximum absolute atomic E-state index is 13.1. The molecule has 0 atom stereocenters. The molecular formula is C20H22ClN3OS. The lowest BCUT2D eigenvalue weighted by molar-refractivity contribution is 0.324. The Morgan fingerprint density at radius 2 is 1.85 bits per heavy atom. The van der Waals surface area contributed by atoms with E-state index in [2.05, 4.69) is 18.7 Å². The van der Waals surface area contributed by atoms with Crippen molar-refractivity contribution in [2.45, 2.75) is 19.0 Å². The topological polar surface area (TPSA) is 38.1 Å². The molecule has 4 nitrogen and oxygen atoms in total. The number of thioether (sulfide) groups is 1. The lowest BCUT2D eigenvalue weighted by Crippen LogP contribution is -2.26. The molecule has 3 rings (SSSR count). The van der Waals surface area contributed by atoms with Crippen molar-refractivity contribution in [1.82, 2.24) is 14.5 Å². The van der Waals surface area contributed by atoms with Gasteiger partial charge in [-0.2, -0.15) is 0 Å². The lowest BCUT2D eigenvalue weighted by Gasteiger charge is -2.18. The average Bonchev–Trinajstić information content (AvgIpc) is 2.66. The summed E-state index contributed by atoms with van der Waals surface area (Å²) in [6.45, 7) is 7.30. The molecule has 3 aromatic rings. The Balaban J connectivity index is 2.05. The van der Waals surface area contributed by atoms with Gasteiger partial charge in [0.2, 0.25) is 0 Å². The van der Waals surface area contributed by atoms with Crippen molar-refractivity contribution in [3.05, 3.63) is 63.9 Å². The summed E-state index contributed by atoms with van der Waals surface area (Å²) < 4.78 is 1.70. The largest absolute Gasteiger partial charge is 0.303 e. The zero-order valence-corrected chi connectivity index (χ0v) is 16.6. The number of fused-ring (bicyclic) bond motifs is 1. The van der Waals surface area contributed by atoms with Crippen LogP contribution in [0, 0.1) is 0 Å². The fourth-order valence-corrected chi connectivity index (χ4v) is 4.02. The molecule has 0 fully saturated rings. The van der Waals surface area contributed by atoms with E-state index >= 15 is 0 Å². The Morgan fingerprint density at radius 1 is 1.12 bits per heavy atom. The van der Waals surface area contributed by atoms with Crippen LogP contribution in [0.2, 0.25) is 5.02 Å². The molecule has 0 spiro atoms. The molecule has 0 amide bonds. The molecule has 0 saturated heterocycles. The van der Waals surface area contributed by atoms with E-state index in [0.29, 0.717) is 21.1 Å². The van der Waals surface area contributed by atoms with Crippen LogP contribution in [0.3, 0.4) is 0 Å². The van der Waals surface area contributed by atoms with Gasteiger partial charge in [-0.3, -0.25) is 9.36 Å². The second-order valence-corrected chi connectivity index (χ2v) is 7.41. The van der Waals surface area contributed by atoms with Crippen LogP contribution >= 0.6 is 23.4 Å². The summed E-state index contributed by atoms with van der Waals surface area (Å²) in [6.07, 6.45) is 0. The first-order valence-corrected chi connectivity index (χ1v) is 10.1. The molecule has 1 aromatic heterocycles. The third-order valence-corrected chi connectivity index (χ3v) is 5.50. The summed E-state index contributed by atoms with van der Waals surface area (Å²) in [5.41, 5.74) is 1.40. The van der Waals surface area contributed by atoms with Crippen molar-refractivity contribution < 1.29 is 0 Å². The minimum absolute atomic E-state index is 0.0665. The Kier molecular flexibility index (Phi) is 6.35. The lowest BCUT2D eigenvalue weighted by atomic mass is 10.2. The van der Waals surface area contributed by atoms with Gasteiger partial charge in [-0.1, -0.05) is 55.4 Å². The van der Waals surface area contributed by atoms with Crippen molar-refractivity contribution in [1.29, 1.82) is 0 Å². The van der Waals surface area contributed by atoms with E-state index in [9.17, 15) is 4.79 Å². The molecule has 26 heavy (non-hydrogen) atoms. The highest BCUT2D eigenvalue weighted by atomic mass is 35.5. The monoisotopic (exact) mass is 387 g/mol. The average molecular weight is 388 g/mol. The zero-order chi connectivity index (χ0) is 18.5. The first-order chi connectivity index (χ1) is 12.6. The molecule has 0 radical (unpaired) electrons. The SMILES string of the molecule is CCN(CC)CCSc1nc2cc(Cl)ccc2c(=O)n1-c1ccccc1. The number of halogens is 1. The highest BCUT2D eigenvalue weighted by Gasteiger charge is 2.14. The molecule has 0 unspecified atom stereocenters. The van der Waals surface area contributed by atoms with Crippen molar-refractivity contribution >= 4 is 34.3 Å².